The lowest BCUT2D eigenvalue weighted by Gasteiger charge is -2.34. The zero-order valence-corrected chi connectivity index (χ0v) is 12.6. The molecule has 0 saturated carbocycles. The smallest absolute Gasteiger partial charge is 0.226 e. The van der Waals surface area contributed by atoms with E-state index in [0.717, 1.165) is 38.8 Å². The molecule has 108 valence electrons. The first-order chi connectivity index (χ1) is 9.78. The fourth-order valence-electron chi connectivity index (χ4n) is 3.65. The molecule has 1 fully saturated rings. The molecular weight excluding hydrogens is 270 g/mol. The molecule has 0 radical (unpaired) electrons. The van der Waals surface area contributed by atoms with Gasteiger partial charge < -0.3 is 4.90 Å². The topological polar surface area (TPSA) is 20.3 Å². The summed E-state index contributed by atoms with van der Waals surface area (Å²) in [6.07, 6.45) is 5.24. The Kier molecular flexibility index (Phi) is 4.30. The van der Waals surface area contributed by atoms with E-state index >= 15 is 0 Å². The molecule has 3 heteroatoms. The van der Waals surface area contributed by atoms with Crippen molar-refractivity contribution in [1.29, 1.82) is 0 Å². The summed E-state index contributed by atoms with van der Waals surface area (Å²) in [6.45, 7) is 1.85. The first-order valence-electron chi connectivity index (χ1n) is 7.69. The number of hydrogen-bond donors (Lipinski definition) is 0. The molecule has 2 aliphatic rings. The van der Waals surface area contributed by atoms with Gasteiger partial charge in [-0.25, -0.2) is 0 Å². The van der Waals surface area contributed by atoms with Gasteiger partial charge in [0.1, 0.15) is 0 Å². The minimum Gasteiger partial charge on any atom is -0.342 e. The van der Waals surface area contributed by atoms with Gasteiger partial charge in [-0.3, -0.25) is 4.79 Å². The SMILES string of the molecule is O=C(C1Cc2ccccc2C1)N1CCCC(CCCl)C1. The predicted octanol–water partition coefficient (Wildman–Crippen LogP) is 3.27. The van der Waals surface area contributed by atoms with Crippen LogP contribution in [0.5, 0.6) is 0 Å². The van der Waals surface area contributed by atoms with E-state index in [2.05, 4.69) is 29.2 Å². The van der Waals surface area contributed by atoms with Crippen LogP contribution >= 0.6 is 11.6 Å². The highest BCUT2D eigenvalue weighted by molar-refractivity contribution is 6.17. The minimum absolute atomic E-state index is 0.169. The number of carbonyl (C=O) groups is 1. The van der Waals surface area contributed by atoms with Crippen LogP contribution in [-0.2, 0) is 17.6 Å². The molecule has 2 nitrogen and oxygen atoms in total. The molecule has 20 heavy (non-hydrogen) atoms. The number of amides is 1. The van der Waals surface area contributed by atoms with Gasteiger partial charge in [0.05, 0.1) is 0 Å². The quantitative estimate of drug-likeness (QED) is 0.783. The maximum Gasteiger partial charge on any atom is 0.226 e. The largest absolute Gasteiger partial charge is 0.342 e. The summed E-state index contributed by atoms with van der Waals surface area (Å²) in [5.74, 6) is 1.85. The lowest BCUT2D eigenvalue weighted by molar-refractivity contribution is -0.137. The highest BCUT2D eigenvalue weighted by Gasteiger charge is 2.32. The van der Waals surface area contributed by atoms with E-state index in [0.29, 0.717) is 17.7 Å². The summed E-state index contributed by atoms with van der Waals surface area (Å²) >= 11 is 5.85. The van der Waals surface area contributed by atoms with Gasteiger partial charge in [-0.2, -0.15) is 0 Å². The number of benzene rings is 1. The summed E-state index contributed by atoms with van der Waals surface area (Å²) in [5, 5.41) is 0. The summed E-state index contributed by atoms with van der Waals surface area (Å²) in [4.78, 5) is 14.8. The number of halogens is 1. The molecule has 1 atom stereocenters. The van der Waals surface area contributed by atoms with Gasteiger partial charge in [-0.15, -0.1) is 11.6 Å². The lowest BCUT2D eigenvalue weighted by atomic mass is 9.94. The van der Waals surface area contributed by atoms with E-state index in [4.69, 9.17) is 11.6 Å². The molecule has 1 aromatic carbocycles. The van der Waals surface area contributed by atoms with Crippen molar-refractivity contribution in [2.24, 2.45) is 11.8 Å². The normalized spacial score (nSPS) is 22.9. The third-order valence-corrected chi connectivity index (χ3v) is 4.97. The Bertz CT molecular complexity index is 461. The van der Waals surface area contributed by atoms with Crippen molar-refractivity contribution in [3.8, 4) is 0 Å². The van der Waals surface area contributed by atoms with E-state index in [1.165, 1.54) is 17.5 Å². The predicted molar refractivity (Wildman–Crippen MR) is 82.0 cm³/mol. The van der Waals surface area contributed by atoms with Crippen LogP contribution in [0.2, 0.25) is 0 Å². The van der Waals surface area contributed by atoms with Crippen LogP contribution < -0.4 is 0 Å². The standard InChI is InChI=1S/C17H22ClNO/c18-8-7-13-4-3-9-19(12-13)17(20)16-10-14-5-1-2-6-15(14)11-16/h1-2,5-6,13,16H,3-4,7-12H2. The van der Waals surface area contributed by atoms with E-state index in [-0.39, 0.29) is 5.92 Å². The zero-order valence-electron chi connectivity index (χ0n) is 11.9. The van der Waals surface area contributed by atoms with E-state index in [9.17, 15) is 4.79 Å². The fraction of sp³-hybridized carbons (Fsp3) is 0.588. The summed E-state index contributed by atoms with van der Waals surface area (Å²) in [7, 11) is 0. The van der Waals surface area contributed by atoms with Crippen molar-refractivity contribution in [2.75, 3.05) is 19.0 Å². The molecule has 1 aromatic rings. The number of hydrogen-bond acceptors (Lipinski definition) is 1. The second-order valence-electron chi connectivity index (χ2n) is 6.14. The monoisotopic (exact) mass is 291 g/mol. The summed E-state index contributed by atoms with van der Waals surface area (Å²) < 4.78 is 0. The van der Waals surface area contributed by atoms with Gasteiger partial charge in [0.2, 0.25) is 5.91 Å². The van der Waals surface area contributed by atoms with Crippen LogP contribution in [-0.4, -0.2) is 29.8 Å². The summed E-state index contributed by atoms with van der Waals surface area (Å²) in [6, 6.07) is 8.47. The molecule has 0 aromatic heterocycles. The van der Waals surface area contributed by atoms with Crippen LogP contribution in [0.1, 0.15) is 30.4 Å². The molecule has 1 heterocycles. The Hall–Kier alpha value is -1.02. The molecule has 0 N–H and O–H groups in total. The van der Waals surface area contributed by atoms with Gasteiger partial charge in [0.15, 0.2) is 0 Å². The third kappa shape index (κ3) is 2.85. The average molecular weight is 292 g/mol. The lowest BCUT2D eigenvalue weighted by Crippen LogP contribution is -2.43. The Morgan fingerprint density at radius 1 is 1.25 bits per heavy atom. The van der Waals surface area contributed by atoms with Gasteiger partial charge in [-0.1, -0.05) is 24.3 Å². The van der Waals surface area contributed by atoms with Crippen molar-refractivity contribution in [3.05, 3.63) is 35.4 Å². The van der Waals surface area contributed by atoms with Crippen LogP contribution in [0.3, 0.4) is 0 Å². The van der Waals surface area contributed by atoms with Gasteiger partial charge >= 0.3 is 0 Å². The maximum absolute atomic E-state index is 12.7. The number of likely N-dealkylation sites (tertiary alicyclic amines) is 1. The van der Waals surface area contributed by atoms with Gasteiger partial charge in [0, 0.05) is 24.9 Å². The van der Waals surface area contributed by atoms with Crippen LogP contribution in [0.15, 0.2) is 24.3 Å². The second-order valence-corrected chi connectivity index (χ2v) is 6.52. The number of piperidine rings is 1. The van der Waals surface area contributed by atoms with E-state index < -0.39 is 0 Å². The van der Waals surface area contributed by atoms with Gasteiger partial charge in [-0.05, 0) is 49.1 Å². The minimum atomic E-state index is 0.169. The summed E-state index contributed by atoms with van der Waals surface area (Å²) in [5.41, 5.74) is 2.72. The first-order valence-corrected chi connectivity index (χ1v) is 8.23. The number of rotatable bonds is 3. The van der Waals surface area contributed by atoms with Crippen LogP contribution in [0, 0.1) is 11.8 Å². The van der Waals surface area contributed by atoms with E-state index in [1.54, 1.807) is 0 Å². The molecule has 1 aliphatic heterocycles. The maximum atomic E-state index is 12.7. The molecule has 0 bridgehead atoms. The Morgan fingerprint density at radius 3 is 2.60 bits per heavy atom. The molecular formula is C17H22ClNO. The molecule has 3 rings (SSSR count). The molecule has 1 saturated heterocycles. The third-order valence-electron chi connectivity index (χ3n) is 4.75. The fourth-order valence-corrected chi connectivity index (χ4v) is 3.96. The number of nitrogens with zero attached hydrogens (tertiary/aromatic N) is 1. The van der Waals surface area contributed by atoms with Crippen molar-refractivity contribution in [1.82, 2.24) is 4.90 Å². The van der Waals surface area contributed by atoms with E-state index in [1.807, 2.05) is 0 Å². The Morgan fingerprint density at radius 2 is 1.95 bits per heavy atom. The number of alkyl halides is 1. The molecule has 1 aliphatic carbocycles. The Labute approximate surface area is 126 Å². The average Bonchev–Trinajstić information content (AvgIpc) is 2.91. The van der Waals surface area contributed by atoms with Crippen LogP contribution in [0.4, 0.5) is 0 Å². The number of carbonyl (C=O) groups excluding carboxylic acids is 1. The van der Waals surface area contributed by atoms with Gasteiger partial charge in [0.25, 0.3) is 0 Å². The Balaban J connectivity index is 1.63. The number of fused-ring (bicyclic) bond motifs is 1. The highest BCUT2D eigenvalue weighted by atomic mass is 35.5. The van der Waals surface area contributed by atoms with Crippen molar-refractivity contribution < 1.29 is 4.79 Å². The van der Waals surface area contributed by atoms with Crippen LogP contribution in [0.25, 0.3) is 0 Å². The molecule has 1 amide bonds. The van der Waals surface area contributed by atoms with Crippen molar-refractivity contribution in [2.45, 2.75) is 32.1 Å². The second kappa shape index (κ2) is 6.17. The highest BCUT2D eigenvalue weighted by Crippen LogP contribution is 2.29. The van der Waals surface area contributed by atoms with Crippen molar-refractivity contribution >= 4 is 17.5 Å². The molecule has 1 unspecified atom stereocenters. The zero-order chi connectivity index (χ0) is 13.9. The molecule has 0 spiro atoms. The first kappa shape index (κ1) is 13.9. The van der Waals surface area contributed by atoms with Crippen molar-refractivity contribution in [3.63, 3.8) is 0 Å².